The number of allylic oxidation sites excluding steroid dienone is 1. The van der Waals surface area contributed by atoms with Gasteiger partial charge in [-0.05, 0) is 51.5 Å². The van der Waals surface area contributed by atoms with Crippen molar-refractivity contribution in [3.63, 3.8) is 0 Å². The molecular formula is C15H24N4. The van der Waals surface area contributed by atoms with Crippen LogP contribution in [0.3, 0.4) is 0 Å². The number of hydrogen-bond donors (Lipinski definition) is 1. The molecule has 0 amide bonds. The van der Waals surface area contributed by atoms with Crippen LogP contribution in [-0.4, -0.2) is 21.3 Å². The van der Waals surface area contributed by atoms with E-state index in [1.54, 1.807) is 5.57 Å². The largest absolute Gasteiger partial charge is 0.314 e. The highest BCUT2D eigenvalue weighted by Gasteiger charge is 2.14. The van der Waals surface area contributed by atoms with Crippen molar-refractivity contribution >= 4 is 0 Å². The number of hydrogen-bond acceptors (Lipinski definition) is 3. The molecule has 0 saturated carbocycles. The molecule has 2 aliphatic rings. The number of fused-ring (bicyclic) bond motifs is 1. The lowest BCUT2D eigenvalue weighted by atomic mass is 9.97. The molecule has 1 aromatic rings. The van der Waals surface area contributed by atoms with Gasteiger partial charge >= 0.3 is 0 Å². The van der Waals surface area contributed by atoms with Gasteiger partial charge in [-0.25, -0.2) is 0 Å². The zero-order valence-corrected chi connectivity index (χ0v) is 11.7. The van der Waals surface area contributed by atoms with Crippen molar-refractivity contribution in [3.8, 4) is 0 Å². The van der Waals surface area contributed by atoms with E-state index >= 15 is 0 Å². The van der Waals surface area contributed by atoms with E-state index in [-0.39, 0.29) is 0 Å². The Bertz CT molecular complexity index is 447. The average molecular weight is 260 g/mol. The predicted octanol–water partition coefficient (Wildman–Crippen LogP) is 2.59. The maximum atomic E-state index is 4.32. The van der Waals surface area contributed by atoms with Crippen LogP contribution in [0.5, 0.6) is 0 Å². The summed E-state index contributed by atoms with van der Waals surface area (Å²) < 4.78 is 2.30. The molecule has 19 heavy (non-hydrogen) atoms. The standard InChI is InChI=1S/C15H24N4/c1-2-6-13(7-3-1)9-10-16-12-15-18-17-14-8-4-5-11-19(14)15/h6,16H,1-5,7-12H2. The maximum absolute atomic E-state index is 4.32. The predicted molar refractivity (Wildman–Crippen MR) is 75.8 cm³/mol. The van der Waals surface area contributed by atoms with Crippen LogP contribution in [-0.2, 0) is 19.5 Å². The first-order chi connectivity index (χ1) is 9.43. The molecule has 0 saturated heterocycles. The number of aromatic nitrogens is 3. The Labute approximate surface area is 115 Å². The number of nitrogens with one attached hydrogen (secondary N) is 1. The summed E-state index contributed by atoms with van der Waals surface area (Å²) in [5, 5.41) is 12.1. The fourth-order valence-electron chi connectivity index (χ4n) is 3.08. The lowest BCUT2D eigenvalue weighted by Gasteiger charge is -2.15. The fourth-order valence-corrected chi connectivity index (χ4v) is 3.08. The van der Waals surface area contributed by atoms with E-state index in [4.69, 9.17) is 0 Å². The smallest absolute Gasteiger partial charge is 0.147 e. The number of aryl methyl sites for hydroxylation is 1. The molecule has 1 aliphatic carbocycles. The fraction of sp³-hybridized carbons (Fsp3) is 0.733. The van der Waals surface area contributed by atoms with Gasteiger partial charge in [0.25, 0.3) is 0 Å². The summed E-state index contributed by atoms with van der Waals surface area (Å²) in [5.74, 6) is 2.30. The summed E-state index contributed by atoms with van der Waals surface area (Å²) in [6.45, 7) is 3.03. The quantitative estimate of drug-likeness (QED) is 0.653. The highest BCUT2D eigenvalue weighted by Crippen LogP contribution is 2.19. The minimum absolute atomic E-state index is 0.861. The average Bonchev–Trinajstić information content (AvgIpc) is 2.88. The Balaban J connectivity index is 1.45. The molecule has 0 fully saturated rings. The monoisotopic (exact) mass is 260 g/mol. The van der Waals surface area contributed by atoms with E-state index < -0.39 is 0 Å². The molecule has 0 bridgehead atoms. The van der Waals surface area contributed by atoms with Gasteiger partial charge in [0.15, 0.2) is 0 Å². The van der Waals surface area contributed by atoms with Gasteiger partial charge in [-0.3, -0.25) is 0 Å². The van der Waals surface area contributed by atoms with Crippen molar-refractivity contribution < 1.29 is 0 Å². The summed E-state index contributed by atoms with van der Waals surface area (Å²) in [4.78, 5) is 0. The van der Waals surface area contributed by atoms with Crippen molar-refractivity contribution in [1.29, 1.82) is 0 Å². The molecule has 0 atom stereocenters. The number of nitrogens with zero attached hydrogens (tertiary/aromatic N) is 3. The van der Waals surface area contributed by atoms with E-state index in [0.717, 1.165) is 31.9 Å². The molecule has 0 radical (unpaired) electrons. The molecule has 3 rings (SSSR count). The Morgan fingerprint density at radius 1 is 1.11 bits per heavy atom. The Morgan fingerprint density at radius 2 is 2.05 bits per heavy atom. The summed E-state index contributed by atoms with van der Waals surface area (Å²) in [7, 11) is 0. The van der Waals surface area contributed by atoms with Crippen LogP contribution in [0.2, 0.25) is 0 Å². The third-order valence-corrected chi connectivity index (χ3v) is 4.23. The van der Waals surface area contributed by atoms with Crippen LogP contribution >= 0.6 is 0 Å². The highest BCUT2D eigenvalue weighted by molar-refractivity contribution is 5.05. The van der Waals surface area contributed by atoms with Gasteiger partial charge in [0.2, 0.25) is 0 Å². The first-order valence-corrected chi connectivity index (χ1v) is 7.73. The second kappa shape index (κ2) is 6.33. The van der Waals surface area contributed by atoms with Crippen LogP contribution in [0.25, 0.3) is 0 Å². The Kier molecular flexibility index (Phi) is 4.28. The van der Waals surface area contributed by atoms with Gasteiger partial charge in [0.1, 0.15) is 11.6 Å². The van der Waals surface area contributed by atoms with Crippen LogP contribution in [0.15, 0.2) is 11.6 Å². The summed E-state index contributed by atoms with van der Waals surface area (Å²) >= 11 is 0. The molecule has 1 aromatic heterocycles. The highest BCUT2D eigenvalue weighted by atomic mass is 15.3. The molecule has 1 N–H and O–H groups in total. The van der Waals surface area contributed by atoms with E-state index in [1.165, 1.54) is 50.8 Å². The Morgan fingerprint density at radius 3 is 2.95 bits per heavy atom. The molecule has 2 heterocycles. The lowest BCUT2D eigenvalue weighted by molar-refractivity contribution is 0.497. The van der Waals surface area contributed by atoms with Gasteiger partial charge < -0.3 is 9.88 Å². The zero-order valence-electron chi connectivity index (χ0n) is 11.7. The molecule has 0 spiro atoms. The second-order valence-corrected chi connectivity index (χ2v) is 5.68. The molecule has 1 aliphatic heterocycles. The van der Waals surface area contributed by atoms with Crippen LogP contribution in [0.4, 0.5) is 0 Å². The topological polar surface area (TPSA) is 42.7 Å². The van der Waals surface area contributed by atoms with Gasteiger partial charge in [-0.1, -0.05) is 11.6 Å². The van der Waals surface area contributed by atoms with Gasteiger partial charge in [0.05, 0.1) is 6.54 Å². The molecule has 104 valence electrons. The van der Waals surface area contributed by atoms with Crippen molar-refractivity contribution in [2.24, 2.45) is 0 Å². The summed E-state index contributed by atoms with van der Waals surface area (Å²) in [6, 6.07) is 0. The molecule has 0 aromatic carbocycles. The van der Waals surface area contributed by atoms with Crippen molar-refractivity contribution in [3.05, 3.63) is 23.3 Å². The van der Waals surface area contributed by atoms with E-state index in [2.05, 4.69) is 26.2 Å². The van der Waals surface area contributed by atoms with Crippen LogP contribution in [0.1, 0.15) is 56.6 Å². The maximum Gasteiger partial charge on any atom is 0.147 e. The van der Waals surface area contributed by atoms with E-state index in [9.17, 15) is 0 Å². The van der Waals surface area contributed by atoms with E-state index in [0.29, 0.717) is 0 Å². The molecular weight excluding hydrogens is 236 g/mol. The first-order valence-electron chi connectivity index (χ1n) is 7.73. The van der Waals surface area contributed by atoms with Crippen LogP contribution in [0, 0.1) is 0 Å². The molecule has 0 unspecified atom stereocenters. The Hall–Kier alpha value is -1.16. The molecule has 4 heteroatoms. The third-order valence-electron chi connectivity index (χ3n) is 4.23. The first kappa shape index (κ1) is 12.9. The van der Waals surface area contributed by atoms with Gasteiger partial charge in [0, 0.05) is 13.0 Å². The van der Waals surface area contributed by atoms with Gasteiger partial charge in [-0.2, -0.15) is 0 Å². The summed E-state index contributed by atoms with van der Waals surface area (Å²) in [5.41, 5.74) is 1.64. The molecule has 4 nitrogen and oxygen atoms in total. The lowest BCUT2D eigenvalue weighted by Crippen LogP contribution is -2.21. The van der Waals surface area contributed by atoms with E-state index in [1.807, 2.05) is 0 Å². The number of rotatable bonds is 5. The third kappa shape index (κ3) is 3.24. The normalized spacial score (nSPS) is 19.1. The van der Waals surface area contributed by atoms with Gasteiger partial charge in [-0.15, -0.1) is 10.2 Å². The van der Waals surface area contributed by atoms with Crippen LogP contribution < -0.4 is 5.32 Å². The second-order valence-electron chi connectivity index (χ2n) is 5.68. The van der Waals surface area contributed by atoms with Crippen molar-refractivity contribution in [1.82, 2.24) is 20.1 Å². The minimum Gasteiger partial charge on any atom is -0.314 e. The zero-order chi connectivity index (χ0) is 12.9. The van der Waals surface area contributed by atoms with Crippen molar-refractivity contribution in [2.75, 3.05) is 6.54 Å². The minimum atomic E-state index is 0.861. The summed E-state index contributed by atoms with van der Waals surface area (Å²) in [6.07, 6.45) is 12.6. The SMILES string of the molecule is C1=C(CCNCc2nnc3n2CCCC3)CCCC1. The van der Waals surface area contributed by atoms with Crippen molar-refractivity contribution in [2.45, 2.75) is 64.5 Å².